The highest BCUT2D eigenvalue weighted by molar-refractivity contribution is 6.30. The van der Waals surface area contributed by atoms with Gasteiger partial charge in [0.25, 0.3) is 0 Å². The number of halogens is 1. The van der Waals surface area contributed by atoms with Crippen molar-refractivity contribution in [3.8, 4) is 0 Å². The van der Waals surface area contributed by atoms with Crippen molar-refractivity contribution < 1.29 is 0 Å². The summed E-state index contributed by atoms with van der Waals surface area (Å²) in [5, 5.41) is 0.784. The van der Waals surface area contributed by atoms with Crippen LogP contribution < -0.4 is 5.73 Å². The summed E-state index contributed by atoms with van der Waals surface area (Å²) in [7, 11) is 4.41. The van der Waals surface area contributed by atoms with Crippen molar-refractivity contribution in [1.29, 1.82) is 0 Å². The summed E-state index contributed by atoms with van der Waals surface area (Å²) in [5.74, 6) is 0. The molecule has 1 fully saturated rings. The lowest BCUT2D eigenvalue weighted by atomic mass is 9.96. The molecule has 4 heteroatoms. The Bertz CT molecular complexity index is 451. The van der Waals surface area contributed by atoms with Crippen molar-refractivity contribution in [2.45, 2.75) is 44.3 Å². The van der Waals surface area contributed by atoms with Crippen LogP contribution in [0.2, 0.25) is 5.02 Å². The fourth-order valence-electron chi connectivity index (χ4n) is 3.40. The molecule has 2 rings (SSSR count). The highest BCUT2D eigenvalue weighted by atomic mass is 35.5. The third-order valence-corrected chi connectivity index (χ3v) is 4.95. The van der Waals surface area contributed by atoms with Gasteiger partial charge >= 0.3 is 0 Å². The SMILES string of the molecule is CCC(N)C(c1cccc(Cl)c1)N(C)CC1CCCN1C. The van der Waals surface area contributed by atoms with Crippen LogP contribution in [-0.2, 0) is 0 Å². The topological polar surface area (TPSA) is 32.5 Å². The highest BCUT2D eigenvalue weighted by Crippen LogP contribution is 2.28. The Morgan fingerprint density at radius 1 is 1.48 bits per heavy atom. The van der Waals surface area contributed by atoms with Crippen molar-refractivity contribution in [2.75, 3.05) is 27.2 Å². The molecule has 1 aliphatic rings. The van der Waals surface area contributed by atoms with Gasteiger partial charge in [-0.1, -0.05) is 30.7 Å². The van der Waals surface area contributed by atoms with Gasteiger partial charge in [0.1, 0.15) is 0 Å². The van der Waals surface area contributed by atoms with Crippen LogP contribution in [0.5, 0.6) is 0 Å². The Morgan fingerprint density at radius 3 is 2.81 bits per heavy atom. The summed E-state index contributed by atoms with van der Waals surface area (Å²) in [5.41, 5.74) is 7.63. The van der Waals surface area contributed by atoms with Crippen molar-refractivity contribution in [3.05, 3.63) is 34.9 Å². The Morgan fingerprint density at radius 2 is 2.24 bits per heavy atom. The molecule has 0 spiro atoms. The Hall–Kier alpha value is -0.610. The number of likely N-dealkylation sites (tertiary alicyclic amines) is 1. The zero-order chi connectivity index (χ0) is 15.4. The average molecular weight is 310 g/mol. The monoisotopic (exact) mass is 309 g/mol. The molecule has 2 N–H and O–H groups in total. The van der Waals surface area contributed by atoms with E-state index in [0.717, 1.165) is 18.0 Å². The third-order valence-electron chi connectivity index (χ3n) is 4.71. The van der Waals surface area contributed by atoms with Gasteiger partial charge in [-0.2, -0.15) is 0 Å². The molecule has 1 aromatic carbocycles. The molecule has 1 heterocycles. The Kier molecular flexibility index (Phi) is 6.06. The molecule has 118 valence electrons. The number of rotatable bonds is 6. The smallest absolute Gasteiger partial charge is 0.0497 e. The van der Waals surface area contributed by atoms with E-state index in [2.05, 4.69) is 43.0 Å². The predicted octanol–water partition coefficient (Wildman–Crippen LogP) is 3.14. The second-order valence-electron chi connectivity index (χ2n) is 6.29. The second kappa shape index (κ2) is 7.59. The number of benzene rings is 1. The van der Waals surface area contributed by atoms with E-state index in [4.69, 9.17) is 17.3 Å². The molecule has 1 saturated heterocycles. The number of nitrogens with two attached hydrogens (primary N) is 1. The van der Waals surface area contributed by atoms with E-state index in [1.54, 1.807) is 0 Å². The van der Waals surface area contributed by atoms with Crippen LogP contribution in [0.15, 0.2) is 24.3 Å². The summed E-state index contributed by atoms with van der Waals surface area (Å²) in [6, 6.07) is 9.12. The van der Waals surface area contributed by atoms with Crippen LogP contribution in [0, 0.1) is 0 Å². The molecule has 0 aromatic heterocycles. The minimum atomic E-state index is 0.125. The lowest BCUT2D eigenvalue weighted by molar-refractivity contribution is 0.157. The Balaban J connectivity index is 2.15. The van der Waals surface area contributed by atoms with E-state index in [1.165, 1.54) is 24.9 Å². The average Bonchev–Trinajstić information content (AvgIpc) is 2.84. The van der Waals surface area contributed by atoms with Crippen LogP contribution in [0.3, 0.4) is 0 Å². The molecular weight excluding hydrogens is 282 g/mol. The first-order valence-electron chi connectivity index (χ1n) is 7.94. The van der Waals surface area contributed by atoms with Crippen LogP contribution >= 0.6 is 11.6 Å². The van der Waals surface area contributed by atoms with E-state index in [9.17, 15) is 0 Å². The zero-order valence-electron chi connectivity index (χ0n) is 13.4. The maximum Gasteiger partial charge on any atom is 0.0497 e. The lowest BCUT2D eigenvalue weighted by Crippen LogP contribution is -2.44. The first-order chi connectivity index (χ1) is 10.0. The first kappa shape index (κ1) is 16.8. The van der Waals surface area contributed by atoms with Crippen molar-refractivity contribution >= 4 is 11.6 Å². The zero-order valence-corrected chi connectivity index (χ0v) is 14.2. The summed E-state index contributed by atoms with van der Waals surface area (Å²) in [6.07, 6.45) is 3.54. The van der Waals surface area contributed by atoms with Crippen LogP contribution in [0.4, 0.5) is 0 Å². The van der Waals surface area contributed by atoms with Gasteiger partial charge < -0.3 is 10.6 Å². The highest BCUT2D eigenvalue weighted by Gasteiger charge is 2.28. The molecule has 0 bridgehead atoms. The van der Waals surface area contributed by atoms with E-state index in [-0.39, 0.29) is 12.1 Å². The summed E-state index contributed by atoms with van der Waals surface area (Å²) >= 11 is 6.17. The van der Waals surface area contributed by atoms with Gasteiger partial charge in [0.05, 0.1) is 0 Å². The Labute approximate surface area is 134 Å². The second-order valence-corrected chi connectivity index (χ2v) is 6.72. The van der Waals surface area contributed by atoms with Gasteiger partial charge in [0.15, 0.2) is 0 Å². The van der Waals surface area contributed by atoms with Gasteiger partial charge in [0.2, 0.25) is 0 Å². The molecule has 3 atom stereocenters. The van der Waals surface area contributed by atoms with Gasteiger partial charge in [-0.3, -0.25) is 4.90 Å². The van der Waals surface area contributed by atoms with Gasteiger partial charge in [0, 0.05) is 29.7 Å². The minimum Gasteiger partial charge on any atom is -0.326 e. The molecule has 3 unspecified atom stereocenters. The number of likely N-dealkylation sites (N-methyl/N-ethyl adjacent to an activating group) is 2. The summed E-state index contributed by atoms with van der Waals surface area (Å²) in [6.45, 7) is 4.42. The maximum absolute atomic E-state index is 6.41. The molecular formula is C17H28ClN3. The van der Waals surface area contributed by atoms with Crippen molar-refractivity contribution in [1.82, 2.24) is 9.80 Å². The summed E-state index contributed by atoms with van der Waals surface area (Å²) in [4.78, 5) is 4.87. The minimum absolute atomic E-state index is 0.125. The maximum atomic E-state index is 6.41. The molecule has 0 radical (unpaired) electrons. The number of hydrogen-bond donors (Lipinski definition) is 1. The van der Waals surface area contributed by atoms with E-state index >= 15 is 0 Å². The molecule has 21 heavy (non-hydrogen) atoms. The van der Waals surface area contributed by atoms with Crippen molar-refractivity contribution in [3.63, 3.8) is 0 Å². The first-order valence-corrected chi connectivity index (χ1v) is 8.32. The van der Waals surface area contributed by atoms with Crippen LogP contribution in [-0.4, -0.2) is 49.1 Å². The molecule has 0 aliphatic carbocycles. The normalized spacial score (nSPS) is 22.7. The van der Waals surface area contributed by atoms with Gasteiger partial charge in [-0.15, -0.1) is 0 Å². The van der Waals surface area contributed by atoms with Crippen LogP contribution in [0.1, 0.15) is 37.8 Å². The molecule has 0 saturated carbocycles. The molecule has 0 amide bonds. The number of nitrogens with zero attached hydrogens (tertiary/aromatic N) is 2. The fourth-order valence-corrected chi connectivity index (χ4v) is 3.60. The van der Waals surface area contributed by atoms with E-state index < -0.39 is 0 Å². The van der Waals surface area contributed by atoms with Crippen molar-refractivity contribution in [2.24, 2.45) is 5.73 Å². The van der Waals surface area contributed by atoms with E-state index in [0.29, 0.717) is 6.04 Å². The lowest BCUT2D eigenvalue weighted by Gasteiger charge is -2.35. The van der Waals surface area contributed by atoms with Crippen LogP contribution in [0.25, 0.3) is 0 Å². The molecule has 1 aliphatic heterocycles. The third kappa shape index (κ3) is 4.19. The largest absolute Gasteiger partial charge is 0.326 e. The molecule has 1 aromatic rings. The van der Waals surface area contributed by atoms with Gasteiger partial charge in [-0.05, 0) is 57.6 Å². The molecule has 3 nitrogen and oxygen atoms in total. The predicted molar refractivity (Wildman–Crippen MR) is 90.7 cm³/mol. The quantitative estimate of drug-likeness (QED) is 0.876. The summed E-state index contributed by atoms with van der Waals surface area (Å²) < 4.78 is 0. The standard InChI is InChI=1S/C17H28ClN3/c1-4-16(19)17(13-7-5-8-14(18)11-13)21(3)12-15-9-6-10-20(15)2/h5,7-8,11,15-17H,4,6,9-10,12,19H2,1-3H3. The number of hydrogen-bond acceptors (Lipinski definition) is 3. The van der Waals surface area contributed by atoms with Gasteiger partial charge in [-0.25, -0.2) is 0 Å². The fraction of sp³-hybridized carbons (Fsp3) is 0.647. The van der Waals surface area contributed by atoms with E-state index in [1.807, 2.05) is 12.1 Å².